The third kappa shape index (κ3) is 2.60. The molecule has 7 heteroatoms. The Kier molecular flexibility index (Phi) is 3.69. The number of nitrogens with zero attached hydrogens (tertiary/aromatic N) is 4. The molecule has 0 amide bonds. The fraction of sp³-hybridized carbons (Fsp3) is 0.400. The van der Waals surface area contributed by atoms with Crippen LogP contribution in [-0.4, -0.2) is 39.1 Å². The Bertz CT molecular complexity index is 1050. The minimum Gasteiger partial charge on any atom is -0.481 e. The van der Waals surface area contributed by atoms with E-state index in [0.29, 0.717) is 25.3 Å². The van der Waals surface area contributed by atoms with Crippen molar-refractivity contribution < 1.29 is 9.90 Å². The molecule has 0 spiro atoms. The van der Waals surface area contributed by atoms with Crippen molar-refractivity contribution in [3.8, 4) is 11.4 Å². The van der Waals surface area contributed by atoms with E-state index in [-0.39, 0.29) is 0 Å². The fourth-order valence-electron chi connectivity index (χ4n) is 4.15. The van der Waals surface area contributed by atoms with Gasteiger partial charge in [0, 0.05) is 35.9 Å². The molecule has 3 aromatic rings. The van der Waals surface area contributed by atoms with E-state index in [0.717, 1.165) is 34.4 Å². The number of fused-ring (bicyclic) bond motifs is 3. The Morgan fingerprint density at radius 3 is 2.96 bits per heavy atom. The van der Waals surface area contributed by atoms with E-state index in [4.69, 9.17) is 9.97 Å². The maximum absolute atomic E-state index is 11.7. The van der Waals surface area contributed by atoms with Gasteiger partial charge in [-0.05, 0) is 50.3 Å². The van der Waals surface area contributed by atoms with Crippen molar-refractivity contribution in [3.05, 3.63) is 35.0 Å². The Morgan fingerprint density at radius 2 is 2.22 bits per heavy atom. The Labute approximate surface area is 160 Å². The van der Waals surface area contributed by atoms with E-state index < -0.39 is 11.4 Å². The summed E-state index contributed by atoms with van der Waals surface area (Å²) in [5, 5.41) is 10.8. The van der Waals surface area contributed by atoms with Crippen LogP contribution in [0.4, 0.5) is 5.82 Å². The van der Waals surface area contributed by atoms with Crippen molar-refractivity contribution in [1.29, 1.82) is 0 Å². The summed E-state index contributed by atoms with van der Waals surface area (Å²) < 4.78 is 0. The van der Waals surface area contributed by atoms with E-state index in [2.05, 4.69) is 9.88 Å². The number of anilines is 1. The first-order valence-electron chi connectivity index (χ1n) is 9.26. The van der Waals surface area contributed by atoms with Crippen LogP contribution in [0.5, 0.6) is 0 Å². The molecule has 1 fully saturated rings. The summed E-state index contributed by atoms with van der Waals surface area (Å²) in [6, 6.07) is 3.85. The standard InChI is InChI=1S/C20H20N4O2S/c1-20(19(25)26)7-9-24(11-20)17-15-13-5-2-6-14(13)27-18(15)23-16(22-17)12-4-3-8-21-10-12/h3-4,8,10H,2,5-7,9,11H2,1H3,(H,25,26). The first kappa shape index (κ1) is 16.6. The molecule has 4 heterocycles. The largest absolute Gasteiger partial charge is 0.481 e. The van der Waals surface area contributed by atoms with Gasteiger partial charge in [-0.3, -0.25) is 9.78 Å². The molecule has 5 rings (SSSR count). The molecule has 3 aromatic heterocycles. The number of hydrogen-bond acceptors (Lipinski definition) is 6. The summed E-state index contributed by atoms with van der Waals surface area (Å²) >= 11 is 1.76. The van der Waals surface area contributed by atoms with Crippen molar-refractivity contribution in [3.63, 3.8) is 0 Å². The van der Waals surface area contributed by atoms with Crippen LogP contribution >= 0.6 is 11.3 Å². The van der Waals surface area contributed by atoms with Crippen molar-refractivity contribution in [2.24, 2.45) is 5.41 Å². The van der Waals surface area contributed by atoms with E-state index in [1.807, 2.05) is 19.1 Å². The predicted molar refractivity (Wildman–Crippen MR) is 105 cm³/mol. The van der Waals surface area contributed by atoms with E-state index in [1.54, 1.807) is 23.7 Å². The predicted octanol–water partition coefficient (Wildman–Crippen LogP) is 3.54. The summed E-state index contributed by atoms with van der Waals surface area (Å²) in [4.78, 5) is 30.2. The molecule has 1 unspecified atom stereocenters. The average Bonchev–Trinajstić information content (AvgIpc) is 3.36. The minimum atomic E-state index is -0.738. The minimum absolute atomic E-state index is 0.478. The van der Waals surface area contributed by atoms with Gasteiger partial charge < -0.3 is 10.0 Å². The van der Waals surface area contributed by atoms with Crippen molar-refractivity contribution in [1.82, 2.24) is 15.0 Å². The van der Waals surface area contributed by atoms with Crippen molar-refractivity contribution in [2.45, 2.75) is 32.6 Å². The van der Waals surface area contributed by atoms with Gasteiger partial charge in [-0.2, -0.15) is 0 Å². The molecule has 0 saturated carbocycles. The molecular weight excluding hydrogens is 360 g/mol. The SMILES string of the molecule is CC1(C(=O)O)CCN(c2nc(-c3cccnc3)nc3sc4c(c23)CCC4)C1. The van der Waals surface area contributed by atoms with Crippen molar-refractivity contribution in [2.75, 3.05) is 18.0 Å². The quantitative estimate of drug-likeness (QED) is 0.749. The normalized spacial score (nSPS) is 21.7. The molecule has 1 atom stereocenters. The molecule has 2 aliphatic rings. The molecule has 1 aliphatic heterocycles. The Morgan fingerprint density at radius 1 is 1.33 bits per heavy atom. The second-order valence-corrected chi connectivity index (χ2v) is 8.77. The number of carboxylic acid groups (broad SMARTS) is 1. The number of hydrogen-bond donors (Lipinski definition) is 1. The van der Waals surface area contributed by atoms with Gasteiger partial charge in [-0.1, -0.05) is 0 Å². The zero-order valence-corrected chi connectivity index (χ0v) is 15.9. The lowest BCUT2D eigenvalue weighted by molar-refractivity contribution is -0.146. The number of aryl methyl sites for hydroxylation is 2. The summed E-state index contributed by atoms with van der Waals surface area (Å²) in [6.45, 7) is 3.01. The molecule has 1 saturated heterocycles. The van der Waals surface area contributed by atoms with Crippen LogP contribution in [0.2, 0.25) is 0 Å². The number of carbonyl (C=O) groups is 1. The molecule has 0 radical (unpaired) electrons. The highest BCUT2D eigenvalue weighted by Gasteiger charge is 2.42. The van der Waals surface area contributed by atoms with Crippen LogP contribution < -0.4 is 4.90 Å². The molecular formula is C20H20N4O2S. The number of aromatic nitrogens is 3. The van der Waals surface area contributed by atoms with Gasteiger partial charge in [0.15, 0.2) is 5.82 Å². The topological polar surface area (TPSA) is 79.2 Å². The second kappa shape index (κ2) is 5.99. The lowest BCUT2D eigenvalue weighted by atomic mass is 9.90. The van der Waals surface area contributed by atoms with Gasteiger partial charge in [-0.15, -0.1) is 11.3 Å². The molecule has 6 nitrogen and oxygen atoms in total. The highest BCUT2D eigenvalue weighted by molar-refractivity contribution is 7.19. The van der Waals surface area contributed by atoms with Gasteiger partial charge in [0.1, 0.15) is 10.6 Å². The monoisotopic (exact) mass is 380 g/mol. The van der Waals surface area contributed by atoms with Crippen LogP contribution in [0.3, 0.4) is 0 Å². The lowest BCUT2D eigenvalue weighted by Gasteiger charge is -2.22. The van der Waals surface area contributed by atoms with Crippen LogP contribution in [0.15, 0.2) is 24.5 Å². The van der Waals surface area contributed by atoms with Crippen molar-refractivity contribution >= 4 is 33.3 Å². The first-order chi connectivity index (χ1) is 13.0. The van der Waals surface area contributed by atoms with Gasteiger partial charge in [0.25, 0.3) is 0 Å². The maximum atomic E-state index is 11.7. The van der Waals surface area contributed by atoms with Gasteiger partial charge in [-0.25, -0.2) is 9.97 Å². The number of aliphatic carboxylic acids is 1. The summed E-state index contributed by atoms with van der Waals surface area (Å²) in [6.07, 6.45) is 7.47. The molecule has 138 valence electrons. The van der Waals surface area contributed by atoms with Crippen LogP contribution in [0.1, 0.15) is 30.2 Å². The lowest BCUT2D eigenvalue weighted by Crippen LogP contribution is -2.32. The van der Waals surface area contributed by atoms with Gasteiger partial charge >= 0.3 is 5.97 Å². The number of thiophene rings is 1. The van der Waals surface area contributed by atoms with Crippen LogP contribution in [-0.2, 0) is 17.6 Å². The van der Waals surface area contributed by atoms with E-state index in [1.165, 1.54) is 16.9 Å². The average molecular weight is 380 g/mol. The molecule has 1 N–H and O–H groups in total. The zero-order chi connectivity index (χ0) is 18.6. The van der Waals surface area contributed by atoms with Gasteiger partial charge in [0.05, 0.1) is 10.8 Å². The zero-order valence-electron chi connectivity index (χ0n) is 15.1. The first-order valence-corrected chi connectivity index (χ1v) is 10.1. The Balaban J connectivity index is 1.69. The molecule has 1 aliphatic carbocycles. The van der Waals surface area contributed by atoms with Crippen LogP contribution in [0, 0.1) is 5.41 Å². The van der Waals surface area contributed by atoms with Crippen LogP contribution in [0.25, 0.3) is 21.6 Å². The second-order valence-electron chi connectivity index (χ2n) is 7.69. The van der Waals surface area contributed by atoms with E-state index >= 15 is 0 Å². The smallest absolute Gasteiger partial charge is 0.311 e. The van der Waals surface area contributed by atoms with Gasteiger partial charge in [0.2, 0.25) is 0 Å². The molecule has 0 aromatic carbocycles. The highest BCUT2D eigenvalue weighted by atomic mass is 32.1. The summed E-state index contributed by atoms with van der Waals surface area (Å²) in [5.41, 5.74) is 1.52. The maximum Gasteiger partial charge on any atom is 0.311 e. The number of rotatable bonds is 3. The Hall–Kier alpha value is -2.54. The highest BCUT2D eigenvalue weighted by Crippen LogP contribution is 2.43. The third-order valence-electron chi connectivity index (χ3n) is 5.75. The molecule has 0 bridgehead atoms. The molecule has 27 heavy (non-hydrogen) atoms. The number of pyridine rings is 1. The van der Waals surface area contributed by atoms with E-state index in [9.17, 15) is 9.90 Å². The summed E-state index contributed by atoms with van der Waals surface area (Å²) in [7, 11) is 0. The number of carboxylic acids is 1. The summed E-state index contributed by atoms with van der Waals surface area (Å²) in [5.74, 6) is 0.816. The fourth-order valence-corrected chi connectivity index (χ4v) is 5.40. The third-order valence-corrected chi connectivity index (χ3v) is 6.94.